The second-order valence-corrected chi connectivity index (χ2v) is 4.14. The third kappa shape index (κ3) is 2.12. The van der Waals surface area contributed by atoms with E-state index in [4.69, 9.17) is 10.8 Å². The summed E-state index contributed by atoms with van der Waals surface area (Å²) < 4.78 is 0. The van der Waals surface area contributed by atoms with Gasteiger partial charge in [-0.1, -0.05) is 0 Å². The number of carbonyl (C=O) groups excluding carboxylic acids is 1. The van der Waals surface area contributed by atoms with Crippen LogP contribution >= 0.6 is 0 Å². The Hall–Kier alpha value is -2.15. The third-order valence-electron chi connectivity index (χ3n) is 2.87. The first-order valence-electron chi connectivity index (χ1n) is 5.43. The highest BCUT2D eigenvalue weighted by Crippen LogP contribution is 2.22. The van der Waals surface area contributed by atoms with Gasteiger partial charge < -0.3 is 20.8 Å². The number of pyridine rings is 1. The summed E-state index contributed by atoms with van der Waals surface area (Å²) in [7, 11) is 0. The molecule has 0 radical (unpaired) electrons. The number of nitrogens with two attached hydrogens (primary N) is 1. The van der Waals surface area contributed by atoms with Gasteiger partial charge in [-0.3, -0.25) is 4.79 Å². The van der Waals surface area contributed by atoms with Gasteiger partial charge in [-0.15, -0.1) is 0 Å². The summed E-state index contributed by atoms with van der Waals surface area (Å²) in [5.41, 5.74) is 5.83. The number of hydrogen-bond donors (Lipinski definition) is 3. The zero-order valence-corrected chi connectivity index (χ0v) is 9.48. The van der Waals surface area contributed by atoms with Crippen molar-refractivity contribution in [3.05, 3.63) is 24.0 Å². The molecule has 2 atom stereocenters. The number of hydrogen-bond acceptors (Lipinski definition) is 5. The summed E-state index contributed by atoms with van der Waals surface area (Å²) >= 11 is 0. The number of anilines is 1. The fraction of sp³-hybridized carbons (Fsp3) is 0.364. The summed E-state index contributed by atoms with van der Waals surface area (Å²) in [4.78, 5) is 28.1. The number of carboxylic acids is 1. The number of nitrogen functional groups attached to an aromatic ring is 1. The normalized spacial score (nSPS) is 23.1. The maximum Gasteiger partial charge on any atom is 0.326 e. The van der Waals surface area contributed by atoms with Crippen LogP contribution in [0.3, 0.4) is 0 Å². The molecule has 0 unspecified atom stereocenters. The van der Waals surface area contributed by atoms with Gasteiger partial charge in [-0.2, -0.15) is 0 Å². The van der Waals surface area contributed by atoms with E-state index in [0.29, 0.717) is 0 Å². The Balaban J connectivity index is 2.28. The molecule has 1 aliphatic heterocycles. The van der Waals surface area contributed by atoms with Gasteiger partial charge >= 0.3 is 5.97 Å². The van der Waals surface area contributed by atoms with Gasteiger partial charge in [-0.05, 0) is 12.1 Å². The SMILES string of the molecule is Nc1cccnc1C(=O)N1C[C@@H](O)C[C@H]1C(=O)O. The number of aliphatic hydroxyl groups excluding tert-OH is 1. The van der Waals surface area contributed by atoms with Gasteiger partial charge in [0, 0.05) is 19.2 Å². The number of carboxylic acid groups (broad SMARTS) is 1. The van der Waals surface area contributed by atoms with Crippen molar-refractivity contribution in [2.45, 2.75) is 18.6 Å². The number of likely N-dealkylation sites (tertiary alicyclic amines) is 1. The Morgan fingerprint density at radius 1 is 1.50 bits per heavy atom. The molecule has 18 heavy (non-hydrogen) atoms. The summed E-state index contributed by atoms with van der Waals surface area (Å²) in [6.07, 6.45) is 0.597. The van der Waals surface area contributed by atoms with E-state index in [1.165, 1.54) is 12.3 Å². The molecule has 0 saturated carbocycles. The molecule has 96 valence electrons. The second-order valence-electron chi connectivity index (χ2n) is 4.14. The van der Waals surface area contributed by atoms with E-state index in [0.717, 1.165) is 4.90 Å². The van der Waals surface area contributed by atoms with E-state index in [2.05, 4.69) is 4.98 Å². The van der Waals surface area contributed by atoms with Crippen LogP contribution in [0.5, 0.6) is 0 Å². The largest absolute Gasteiger partial charge is 0.480 e. The standard InChI is InChI=1S/C11H13N3O4/c12-7-2-1-3-13-9(7)10(16)14-5-6(15)4-8(14)11(17)18/h1-3,6,8,15H,4-5,12H2,(H,17,18)/t6-,8-/m0/s1. The number of rotatable bonds is 2. The van der Waals surface area contributed by atoms with Crippen molar-refractivity contribution in [1.29, 1.82) is 0 Å². The minimum atomic E-state index is -1.14. The maximum absolute atomic E-state index is 12.1. The Morgan fingerprint density at radius 3 is 2.83 bits per heavy atom. The number of aliphatic hydroxyl groups is 1. The molecule has 1 saturated heterocycles. The lowest BCUT2D eigenvalue weighted by molar-refractivity contribution is -0.141. The van der Waals surface area contributed by atoms with Crippen LogP contribution in [0.25, 0.3) is 0 Å². The van der Waals surface area contributed by atoms with E-state index in [1.54, 1.807) is 6.07 Å². The first kappa shape index (κ1) is 12.3. The molecule has 1 aromatic heterocycles. The molecular formula is C11H13N3O4. The predicted octanol–water partition coefficient (Wildman–Crippen LogP) is -0.676. The minimum absolute atomic E-state index is 0.0119. The van der Waals surface area contributed by atoms with E-state index < -0.39 is 24.0 Å². The van der Waals surface area contributed by atoms with Crippen LogP contribution in [0.15, 0.2) is 18.3 Å². The lowest BCUT2D eigenvalue weighted by Crippen LogP contribution is -2.41. The van der Waals surface area contributed by atoms with Crippen LogP contribution < -0.4 is 5.73 Å². The first-order valence-corrected chi connectivity index (χ1v) is 5.43. The third-order valence-corrected chi connectivity index (χ3v) is 2.87. The van der Waals surface area contributed by atoms with Gasteiger partial charge in [0.25, 0.3) is 5.91 Å². The van der Waals surface area contributed by atoms with Crippen molar-refractivity contribution in [2.24, 2.45) is 0 Å². The van der Waals surface area contributed by atoms with Crippen LogP contribution in [0, 0.1) is 0 Å². The van der Waals surface area contributed by atoms with E-state index in [1.807, 2.05) is 0 Å². The summed E-state index contributed by atoms with van der Waals surface area (Å²) in [5, 5.41) is 18.5. The highest BCUT2D eigenvalue weighted by atomic mass is 16.4. The summed E-state index contributed by atoms with van der Waals surface area (Å²) in [6, 6.07) is 2.07. The number of carbonyl (C=O) groups is 2. The smallest absolute Gasteiger partial charge is 0.326 e. The Morgan fingerprint density at radius 2 is 2.22 bits per heavy atom. The topological polar surface area (TPSA) is 117 Å². The molecule has 0 bridgehead atoms. The van der Waals surface area contributed by atoms with E-state index in [-0.39, 0.29) is 24.3 Å². The second kappa shape index (κ2) is 4.61. The van der Waals surface area contributed by atoms with Gasteiger partial charge in [0.1, 0.15) is 6.04 Å². The molecule has 2 heterocycles. The molecule has 1 fully saturated rings. The first-order chi connectivity index (χ1) is 8.50. The number of aliphatic carboxylic acids is 1. The number of amides is 1. The van der Waals surface area contributed by atoms with Crippen molar-refractivity contribution in [1.82, 2.24) is 9.88 Å². The van der Waals surface area contributed by atoms with Crippen molar-refractivity contribution in [3.8, 4) is 0 Å². The predicted molar refractivity (Wildman–Crippen MR) is 61.7 cm³/mol. The fourth-order valence-corrected chi connectivity index (χ4v) is 2.00. The monoisotopic (exact) mass is 251 g/mol. The van der Waals surface area contributed by atoms with Crippen LogP contribution in [0.4, 0.5) is 5.69 Å². The fourth-order valence-electron chi connectivity index (χ4n) is 2.00. The Kier molecular flexibility index (Phi) is 3.15. The zero-order chi connectivity index (χ0) is 13.3. The summed E-state index contributed by atoms with van der Waals surface area (Å²) in [5.74, 6) is -1.72. The lowest BCUT2D eigenvalue weighted by Gasteiger charge is -2.21. The average molecular weight is 251 g/mol. The maximum atomic E-state index is 12.1. The average Bonchev–Trinajstić information content (AvgIpc) is 2.71. The number of aromatic nitrogens is 1. The number of nitrogens with zero attached hydrogens (tertiary/aromatic N) is 2. The molecular weight excluding hydrogens is 238 g/mol. The van der Waals surface area contributed by atoms with E-state index >= 15 is 0 Å². The molecule has 1 aromatic rings. The van der Waals surface area contributed by atoms with E-state index in [9.17, 15) is 14.7 Å². The lowest BCUT2D eigenvalue weighted by atomic mass is 10.2. The Labute approximate surface area is 103 Å². The molecule has 0 aromatic carbocycles. The van der Waals surface area contributed by atoms with Crippen LogP contribution in [0.1, 0.15) is 16.9 Å². The Bertz CT molecular complexity index is 491. The van der Waals surface area contributed by atoms with Crippen molar-refractivity contribution in [2.75, 3.05) is 12.3 Å². The van der Waals surface area contributed by atoms with Crippen molar-refractivity contribution >= 4 is 17.6 Å². The van der Waals surface area contributed by atoms with Crippen LogP contribution in [-0.4, -0.2) is 50.7 Å². The molecule has 1 amide bonds. The number of β-amino-alcohol motifs (C(OH)–C–C–N with tert-alkyl or cyclic N) is 1. The van der Waals surface area contributed by atoms with Gasteiger partial charge in [0.15, 0.2) is 5.69 Å². The summed E-state index contributed by atoms with van der Waals surface area (Å²) in [6.45, 7) is -0.0220. The van der Waals surface area contributed by atoms with Gasteiger partial charge in [0.05, 0.1) is 11.8 Å². The van der Waals surface area contributed by atoms with Crippen LogP contribution in [0.2, 0.25) is 0 Å². The van der Waals surface area contributed by atoms with Gasteiger partial charge in [0.2, 0.25) is 0 Å². The molecule has 2 rings (SSSR count). The van der Waals surface area contributed by atoms with Crippen LogP contribution in [-0.2, 0) is 4.79 Å². The molecule has 0 aliphatic carbocycles. The minimum Gasteiger partial charge on any atom is -0.480 e. The molecule has 7 nitrogen and oxygen atoms in total. The van der Waals surface area contributed by atoms with Gasteiger partial charge in [-0.25, -0.2) is 9.78 Å². The molecule has 1 aliphatic rings. The van der Waals surface area contributed by atoms with Crippen molar-refractivity contribution < 1.29 is 19.8 Å². The quantitative estimate of drug-likeness (QED) is 0.641. The van der Waals surface area contributed by atoms with Crippen molar-refractivity contribution in [3.63, 3.8) is 0 Å². The molecule has 0 spiro atoms. The highest BCUT2D eigenvalue weighted by Gasteiger charge is 2.40. The zero-order valence-electron chi connectivity index (χ0n) is 9.48. The highest BCUT2D eigenvalue weighted by molar-refractivity contribution is 5.99. The molecule has 4 N–H and O–H groups in total. The molecule has 7 heteroatoms.